The van der Waals surface area contributed by atoms with Gasteiger partial charge in [0.05, 0.1) is 28.9 Å². The van der Waals surface area contributed by atoms with Crippen LogP contribution in [0.5, 0.6) is 0 Å². The summed E-state index contributed by atoms with van der Waals surface area (Å²) in [6, 6.07) is 15.1. The van der Waals surface area contributed by atoms with Gasteiger partial charge >= 0.3 is 12.1 Å². The zero-order valence-corrected chi connectivity index (χ0v) is 29.0. The number of nitrogens with one attached hydrogen (secondary N) is 1. The molecule has 13 nitrogen and oxygen atoms in total. The summed E-state index contributed by atoms with van der Waals surface area (Å²) in [4.78, 5) is 35.1. The molecule has 0 saturated carbocycles. The molecule has 0 spiro atoms. The monoisotopic (exact) mass is 717 g/mol. The highest BCUT2D eigenvalue weighted by atomic mass is 32.1. The zero-order valence-electron chi connectivity index (χ0n) is 28.2. The van der Waals surface area contributed by atoms with Crippen molar-refractivity contribution in [2.75, 3.05) is 25.5 Å². The molecule has 0 bridgehead atoms. The number of likely N-dealkylation sites (N-methyl/N-ethyl adjacent to an activating group) is 1. The molecule has 3 atom stereocenters. The lowest BCUT2D eigenvalue weighted by Crippen LogP contribution is -2.42. The molecular weight excluding hydrogens is 682 g/mol. The molecule has 3 aromatic heterocycles. The Labute approximate surface area is 296 Å². The van der Waals surface area contributed by atoms with Crippen LogP contribution in [-0.4, -0.2) is 57.6 Å². The largest absolute Gasteiger partial charge is 0.460 e. The van der Waals surface area contributed by atoms with E-state index in [4.69, 9.17) is 19.7 Å². The molecule has 16 heteroatoms. The first kappa shape index (κ1) is 36.6. The van der Waals surface area contributed by atoms with Crippen molar-refractivity contribution in [2.24, 2.45) is 0 Å². The summed E-state index contributed by atoms with van der Waals surface area (Å²) in [7, 11) is 3.08. The molecule has 2 N–H and O–H groups in total. The summed E-state index contributed by atoms with van der Waals surface area (Å²) in [5.74, 6) is -2.64. The number of aromatic nitrogens is 5. The van der Waals surface area contributed by atoms with Crippen LogP contribution in [0.25, 0.3) is 11.3 Å². The summed E-state index contributed by atoms with van der Waals surface area (Å²) in [5.41, 5.74) is 0.000750. The second-order valence-corrected chi connectivity index (χ2v) is 12.5. The second kappa shape index (κ2) is 15.9. The number of halogens is 2. The van der Waals surface area contributed by atoms with Gasteiger partial charge in [0.1, 0.15) is 36.2 Å². The predicted molar refractivity (Wildman–Crippen MR) is 181 cm³/mol. The maximum Gasteiger partial charge on any atom is 0.418 e. The Morgan fingerprint density at radius 1 is 1.20 bits per heavy atom. The van der Waals surface area contributed by atoms with Gasteiger partial charge in [-0.3, -0.25) is 9.69 Å². The summed E-state index contributed by atoms with van der Waals surface area (Å²) < 4.78 is 43.5. The quantitative estimate of drug-likeness (QED) is 0.130. The van der Waals surface area contributed by atoms with Crippen molar-refractivity contribution in [3.8, 4) is 17.3 Å². The molecule has 5 rings (SSSR count). The Kier molecular flexibility index (Phi) is 11.4. The van der Waals surface area contributed by atoms with E-state index in [1.807, 2.05) is 0 Å². The van der Waals surface area contributed by atoms with E-state index >= 15 is 4.39 Å². The van der Waals surface area contributed by atoms with Gasteiger partial charge in [0.2, 0.25) is 12.6 Å². The highest BCUT2D eigenvalue weighted by Crippen LogP contribution is 2.41. The van der Waals surface area contributed by atoms with Crippen molar-refractivity contribution in [2.45, 2.75) is 44.7 Å². The normalized spacial score (nSPS) is 13.5. The molecule has 0 radical (unpaired) electrons. The minimum absolute atomic E-state index is 0.0229. The van der Waals surface area contributed by atoms with Crippen LogP contribution in [-0.2, 0) is 33.0 Å². The van der Waals surface area contributed by atoms with Crippen LogP contribution in [0.3, 0.4) is 0 Å². The smallest absolute Gasteiger partial charge is 0.418 e. The van der Waals surface area contributed by atoms with E-state index in [0.717, 1.165) is 23.8 Å². The topological polar surface area (TPSA) is 159 Å². The lowest BCUT2D eigenvalue weighted by molar-refractivity contribution is -0.753. The lowest BCUT2D eigenvalue weighted by Gasteiger charge is -2.32. The number of rotatable bonds is 13. The molecule has 5 aromatic rings. The molecule has 0 aliphatic carbocycles. The Morgan fingerprint density at radius 3 is 2.69 bits per heavy atom. The number of amides is 1. The summed E-state index contributed by atoms with van der Waals surface area (Å²) >= 11 is 1.25. The van der Waals surface area contributed by atoms with Crippen molar-refractivity contribution in [1.82, 2.24) is 25.1 Å². The van der Waals surface area contributed by atoms with Gasteiger partial charge in [-0.05, 0) is 43.4 Å². The molecule has 2 aromatic carbocycles. The number of hydrogen-bond donors (Lipinski definition) is 2. The van der Waals surface area contributed by atoms with Crippen molar-refractivity contribution in [3.63, 3.8) is 0 Å². The SMILES string of the molecule is CNCC(=O)OCc1cccnc1N(C)C(=O)OC(C)[n+]1cnn(C[C@@](O)(c2cc(F)ccc2F)[C@H](C)c2nc(-c3ccc(C#N)cc3)cs2)c1. The maximum atomic E-state index is 15.3. The van der Waals surface area contributed by atoms with Gasteiger partial charge in [-0.15, -0.1) is 16.0 Å². The van der Waals surface area contributed by atoms with Gasteiger partial charge in [0.15, 0.2) is 0 Å². The molecule has 1 unspecified atom stereocenters. The third kappa shape index (κ3) is 8.40. The fraction of sp³-hybridized carbons (Fsp3) is 0.286. The van der Waals surface area contributed by atoms with E-state index in [1.165, 1.54) is 51.4 Å². The van der Waals surface area contributed by atoms with Crippen molar-refractivity contribution in [3.05, 3.63) is 112 Å². The molecule has 1 amide bonds. The van der Waals surface area contributed by atoms with Crippen LogP contribution in [0, 0.1) is 23.0 Å². The first-order valence-corrected chi connectivity index (χ1v) is 16.6. The summed E-state index contributed by atoms with van der Waals surface area (Å²) in [5, 5.41) is 30.6. The van der Waals surface area contributed by atoms with Crippen LogP contribution in [0.2, 0.25) is 0 Å². The number of thiazole rings is 1. The number of esters is 1. The number of nitrogens with zero attached hydrogens (tertiary/aromatic N) is 7. The number of anilines is 1. The zero-order chi connectivity index (χ0) is 36.7. The molecule has 264 valence electrons. The van der Waals surface area contributed by atoms with Crippen LogP contribution >= 0.6 is 11.3 Å². The second-order valence-electron chi connectivity index (χ2n) is 11.6. The minimum Gasteiger partial charge on any atom is -0.460 e. The number of aliphatic hydroxyl groups is 1. The van der Waals surface area contributed by atoms with Gasteiger partial charge in [-0.25, -0.2) is 23.5 Å². The predicted octanol–water partition coefficient (Wildman–Crippen LogP) is 4.58. The van der Waals surface area contributed by atoms with Gasteiger partial charge in [-0.2, -0.15) is 9.83 Å². The molecule has 0 saturated heterocycles. The molecule has 51 heavy (non-hydrogen) atoms. The number of benzene rings is 2. The fourth-order valence-corrected chi connectivity index (χ4v) is 6.22. The Bertz CT molecular complexity index is 2050. The first-order valence-electron chi connectivity index (χ1n) is 15.7. The van der Waals surface area contributed by atoms with Crippen molar-refractivity contribution < 1.29 is 37.5 Å². The fourth-order valence-electron chi connectivity index (χ4n) is 5.25. The van der Waals surface area contributed by atoms with E-state index in [-0.39, 0.29) is 31.1 Å². The number of carbonyl (C=O) groups excluding carboxylic acids is 2. The van der Waals surface area contributed by atoms with Gasteiger partial charge in [0, 0.05) is 53.3 Å². The van der Waals surface area contributed by atoms with E-state index in [9.17, 15) is 19.1 Å². The number of nitriles is 1. The number of pyridine rings is 1. The molecular formula is C35H35F2N8O5S+. The highest BCUT2D eigenvalue weighted by Gasteiger charge is 2.43. The summed E-state index contributed by atoms with van der Waals surface area (Å²) in [6.45, 7) is 2.85. The standard InChI is InChI=1S/C35H35F2N8O5S/c1-22(33-42-30(18-51-33)25-9-7-24(15-38)8-10-25)35(48,28-14-27(36)11-12-29(28)37)19-45-21-44(20-41-45)23(2)50-34(47)43(4)32-26(6-5-13-40-32)17-49-31(46)16-39-3/h5-14,18,20-23,39,48H,16-17,19H2,1-4H3/q+1/t22-,23?,35+/m1/s1. The van der Waals surface area contributed by atoms with Crippen molar-refractivity contribution >= 4 is 29.2 Å². The third-order valence-corrected chi connectivity index (χ3v) is 9.20. The Balaban J connectivity index is 1.35. The number of ether oxygens (including phenoxy) is 2. The van der Waals surface area contributed by atoms with Crippen LogP contribution in [0.1, 0.15) is 47.7 Å². The number of carbonyl (C=O) groups is 2. The van der Waals surface area contributed by atoms with Crippen LogP contribution in [0.4, 0.5) is 19.4 Å². The third-order valence-electron chi connectivity index (χ3n) is 8.18. The van der Waals surface area contributed by atoms with E-state index in [0.29, 0.717) is 21.8 Å². The van der Waals surface area contributed by atoms with Crippen LogP contribution < -0.4 is 14.8 Å². The first-order chi connectivity index (χ1) is 24.4. The highest BCUT2D eigenvalue weighted by molar-refractivity contribution is 7.10. The maximum absolute atomic E-state index is 15.3. The minimum atomic E-state index is -2.04. The molecule has 0 aliphatic rings. The van der Waals surface area contributed by atoms with Gasteiger partial charge in [0.25, 0.3) is 6.33 Å². The van der Waals surface area contributed by atoms with Gasteiger partial charge in [-0.1, -0.05) is 25.1 Å². The van der Waals surface area contributed by atoms with E-state index in [1.54, 1.807) is 62.7 Å². The van der Waals surface area contributed by atoms with E-state index in [2.05, 4.69) is 21.5 Å². The average molecular weight is 718 g/mol. The molecule has 3 heterocycles. The summed E-state index contributed by atoms with van der Waals surface area (Å²) in [6.07, 6.45) is 2.65. The molecule has 0 aliphatic heterocycles. The van der Waals surface area contributed by atoms with Gasteiger partial charge < -0.3 is 19.9 Å². The van der Waals surface area contributed by atoms with Crippen LogP contribution in [0.15, 0.2) is 78.8 Å². The molecule has 0 fully saturated rings. The van der Waals surface area contributed by atoms with Crippen molar-refractivity contribution in [1.29, 1.82) is 5.26 Å². The van der Waals surface area contributed by atoms with E-state index < -0.39 is 41.4 Å². The lowest BCUT2D eigenvalue weighted by atomic mass is 9.82. The Morgan fingerprint density at radius 2 is 1.96 bits per heavy atom. The number of hydrogen-bond acceptors (Lipinski definition) is 11. The average Bonchev–Trinajstić information content (AvgIpc) is 3.82. The Hall–Kier alpha value is -5.63.